The molecule has 0 aromatic heterocycles. The molecule has 120 valence electrons. The number of allylic oxidation sites excluding steroid dienone is 1. The zero-order valence-corrected chi connectivity index (χ0v) is 14.7. The normalized spacial score (nSPS) is 10.9. The van der Waals surface area contributed by atoms with Crippen LogP contribution < -0.4 is 5.32 Å². The molecule has 0 radical (unpaired) electrons. The first-order chi connectivity index (χ1) is 11.2. The number of rotatable bonds is 7. The molecule has 0 aliphatic rings. The van der Waals surface area contributed by atoms with Crippen LogP contribution in [0.15, 0.2) is 59.5 Å². The SMILES string of the molecule is C/C=C/c1ccccc1C(=O)Nc1ccc(SCCCCl)cc1. The van der Waals surface area contributed by atoms with Crippen molar-refractivity contribution in [2.24, 2.45) is 0 Å². The Balaban J connectivity index is 2.03. The third-order valence-corrected chi connectivity index (χ3v) is 4.58. The van der Waals surface area contributed by atoms with Crippen molar-refractivity contribution >= 4 is 41.0 Å². The number of thioether (sulfide) groups is 1. The molecule has 2 aromatic carbocycles. The molecule has 0 unspecified atom stereocenters. The lowest BCUT2D eigenvalue weighted by molar-refractivity contribution is 0.102. The van der Waals surface area contributed by atoms with Crippen LogP contribution in [-0.4, -0.2) is 17.5 Å². The summed E-state index contributed by atoms with van der Waals surface area (Å²) in [5.41, 5.74) is 2.39. The van der Waals surface area contributed by atoms with Crippen molar-refractivity contribution in [2.75, 3.05) is 16.9 Å². The molecular formula is C19H20ClNOS. The topological polar surface area (TPSA) is 29.1 Å². The summed E-state index contributed by atoms with van der Waals surface area (Å²) in [6.07, 6.45) is 4.86. The first-order valence-corrected chi connectivity index (χ1v) is 9.08. The van der Waals surface area contributed by atoms with Gasteiger partial charge in [-0.2, -0.15) is 0 Å². The van der Waals surface area contributed by atoms with Crippen molar-refractivity contribution in [3.63, 3.8) is 0 Å². The lowest BCUT2D eigenvalue weighted by atomic mass is 10.1. The Kier molecular flexibility index (Phi) is 7.24. The number of carbonyl (C=O) groups is 1. The Hall–Kier alpha value is -1.71. The van der Waals surface area contributed by atoms with Crippen molar-refractivity contribution in [1.29, 1.82) is 0 Å². The summed E-state index contributed by atoms with van der Waals surface area (Å²) < 4.78 is 0. The minimum absolute atomic E-state index is 0.0961. The van der Waals surface area contributed by atoms with Gasteiger partial charge in [-0.3, -0.25) is 4.79 Å². The lowest BCUT2D eigenvalue weighted by Crippen LogP contribution is -2.13. The Labute approximate surface area is 146 Å². The molecule has 0 spiro atoms. The molecule has 1 N–H and O–H groups in total. The Morgan fingerprint density at radius 1 is 1.17 bits per heavy atom. The molecule has 4 heteroatoms. The molecule has 0 aliphatic heterocycles. The number of benzene rings is 2. The predicted octanol–water partition coefficient (Wildman–Crippen LogP) is 5.69. The largest absolute Gasteiger partial charge is 0.322 e. The fraction of sp³-hybridized carbons (Fsp3) is 0.211. The summed E-state index contributed by atoms with van der Waals surface area (Å²) in [5, 5.41) is 2.95. The number of anilines is 1. The van der Waals surface area contributed by atoms with E-state index < -0.39 is 0 Å². The van der Waals surface area contributed by atoms with E-state index in [1.165, 1.54) is 4.90 Å². The number of alkyl halides is 1. The second kappa shape index (κ2) is 9.43. The summed E-state index contributed by atoms with van der Waals surface area (Å²) in [4.78, 5) is 13.6. The summed E-state index contributed by atoms with van der Waals surface area (Å²) in [5.74, 6) is 1.60. The Morgan fingerprint density at radius 3 is 2.61 bits per heavy atom. The van der Waals surface area contributed by atoms with E-state index in [1.54, 1.807) is 11.8 Å². The third-order valence-electron chi connectivity index (χ3n) is 3.21. The maximum Gasteiger partial charge on any atom is 0.256 e. The maximum absolute atomic E-state index is 12.4. The lowest BCUT2D eigenvalue weighted by Gasteiger charge is -2.08. The van der Waals surface area contributed by atoms with Crippen molar-refractivity contribution in [3.8, 4) is 0 Å². The molecule has 2 rings (SSSR count). The quantitative estimate of drug-likeness (QED) is 0.396. The van der Waals surface area contributed by atoms with E-state index in [0.29, 0.717) is 11.4 Å². The van der Waals surface area contributed by atoms with Crippen LogP contribution in [0.2, 0.25) is 0 Å². The summed E-state index contributed by atoms with van der Waals surface area (Å²) in [6.45, 7) is 1.94. The van der Waals surface area contributed by atoms with E-state index in [9.17, 15) is 4.79 Å². The van der Waals surface area contributed by atoms with Gasteiger partial charge in [0, 0.05) is 22.0 Å². The zero-order chi connectivity index (χ0) is 16.5. The van der Waals surface area contributed by atoms with E-state index >= 15 is 0 Å². The highest BCUT2D eigenvalue weighted by Crippen LogP contribution is 2.22. The fourth-order valence-electron chi connectivity index (χ4n) is 2.11. The van der Waals surface area contributed by atoms with Gasteiger partial charge in [-0.15, -0.1) is 23.4 Å². The van der Waals surface area contributed by atoms with Crippen molar-refractivity contribution in [2.45, 2.75) is 18.2 Å². The highest BCUT2D eigenvalue weighted by Gasteiger charge is 2.09. The third kappa shape index (κ3) is 5.45. The van der Waals surface area contributed by atoms with Crippen LogP contribution in [0, 0.1) is 0 Å². The molecule has 1 amide bonds. The Bertz CT molecular complexity index is 667. The molecule has 0 atom stereocenters. The van der Waals surface area contributed by atoms with Gasteiger partial charge in [0.1, 0.15) is 0 Å². The minimum Gasteiger partial charge on any atom is -0.322 e. The average molecular weight is 346 g/mol. The maximum atomic E-state index is 12.4. The van der Waals surface area contributed by atoms with Crippen molar-refractivity contribution in [3.05, 3.63) is 65.7 Å². The molecule has 0 bridgehead atoms. The molecule has 0 saturated heterocycles. The van der Waals surface area contributed by atoms with Gasteiger partial charge >= 0.3 is 0 Å². The Morgan fingerprint density at radius 2 is 1.91 bits per heavy atom. The van der Waals surface area contributed by atoms with Gasteiger partial charge in [0.25, 0.3) is 5.91 Å². The van der Waals surface area contributed by atoms with Crippen LogP contribution in [0.25, 0.3) is 6.08 Å². The first-order valence-electron chi connectivity index (χ1n) is 7.56. The first kappa shape index (κ1) is 17.6. The van der Waals surface area contributed by atoms with Crippen molar-refractivity contribution in [1.82, 2.24) is 0 Å². The number of carbonyl (C=O) groups excluding carboxylic acids is 1. The minimum atomic E-state index is -0.0961. The van der Waals surface area contributed by atoms with Gasteiger partial charge < -0.3 is 5.32 Å². The summed E-state index contributed by atoms with van der Waals surface area (Å²) >= 11 is 7.45. The fourth-order valence-corrected chi connectivity index (χ4v) is 3.25. The van der Waals surface area contributed by atoms with Gasteiger partial charge in [-0.25, -0.2) is 0 Å². The number of hydrogen-bond acceptors (Lipinski definition) is 2. The van der Waals surface area contributed by atoms with Crippen LogP contribution in [0.5, 0.6) is 0 Å². The second-order valence-corrected chi connectivity index (χ2v) is 6.50. The summed E-state index contributed by atoms with van der Waals surface area (Å²) in [7, 11) is 0. The van der Waals surface area contributed by atoms with Crippen molar-refractivity contribution < 1.29 is 4.79 Å². The van der Waals surface area contributed by atoms with Gasteiger partial charge in [-0.05, 0) is 55.0 Å². The van der Waals surface area contributed by atoms with Crippen LogP contribution in [-0.2, 0) is 0 Å². The number of halogens is 1. The monoisotopic (exact) mass is 345 g/mol. The molecule has 23 heavy (non-hydrogen) atoms. The van der Waals surface area contributed by atoms with E-state index in [0.717, 1.165) is 23.4 Å². The van der Waals surface area contributed by atoms with Crippen LogP contribution in [0.1, 0.15) is 29.3 Å². The van der Waals surface area contributed by atoms with Crippen LogP contribution in [0.4, 0.5) is 5.69 Å². The van der Waals surface area contributed by atoms with Gasteiger partial charge in [0.15, 0.2) is 0 Å². The number of nitrogens with one attached hydrogen (secondary N) is 1. The highest BCUT2D eigenvalue weighted by atomic mass is 35.5. The van der Waals surface area contributed by atoms with Crippen LogP contribution >= 0.6 is 23.4 Å². The van der Waals surface area contributed by atoms with E-state index in [1.807, 2.05) is 67.6 Å². The van der Waals surface area contributed by atoms with E-state index in [-0.39, 0.29) is 5.91 Å². The van der Waals surface area contributed by atoms with Gasteiger partial charge in [0.2, 0.25) is 0 Å². The number of amides is 1. The van der Waals surface area contributed by atoms with E-state index in [2.05, 4.69) is 5.32 Å². The molecule has 0 heterocycles. The number of hydrogen-bond donors (Lipinski definition) is 1. The second-order valence-electron chi connectivity index (χ2n) is 4.96. The standard InChI is InChI=1S/C19H20ClNOS/c1-2-6-15-7-3-4-8-18(15)19(22)21-16-9-11-17(12-10-16)23-14-5-13-20/h2-4,6-12H,5,13-14H2,1H3,(H,21,22)/b6-2+. The predicted molar refractivity (Wildman–Crippen MR) is 102 cm³/mol. The molecule has 2 aromatic rings. The molecule has 2 nitrogen and oxygen atoms in total. The van der Waals surface area contributed by atoms with E-state index in [4.69, 9.17) is 11.6 Å². The average Bonchev–Trinajstić information content (AvgIpc) is 2.57. The molecule has 0 fully saturated rings. The smallest absolute Gasteiger partial charge is 0.256 e. The molecule has 0 aliphatic carbocycles. The van der Waals surface area contributed by atoms with Gasteiger partial charge in [0.05, 0.1) is 0 Å². The zero-order valence-electron chi connectivity index (χ0n) is 13.1. The van der Waals surface area contributed by atoms with Gasteiger partial charge in [-0.1, -0.05) is 30.4 Å². The van der Waals surface area contributed by atoms with Crippen LogP contribution in [0.3, 0.4) is 0 Å². The summed E-state index contributed by atoms with van der Waals surface area (Å²) in [6, 6.07) is 15.5. The molecule has 0 saturated carbocycles. The highest BCUT2D eigenvalue weighted by molar-refractivity contribution is 7.99. The molecular weight excluding hydrogens is 326 g/mol.